The van der Waals surface area contributed by atoms with Crippen molar-refractivity contribution in [1.82, 2.24) is 0 Å². The van der Waals surface area contributed by atoms with E-state index in [9.17, 15) is 4.39 Å². The molecule has 2 aromatic rings. The number of anilines is 1. The molecule has 110 valence electrons. The van der Waals surface area contributed by atoms with E-state index in [0.29, 0.717) is 22.7 Å². The van der Waals surface area contributed by atoms with Gasteiger partial charge in [0.15, 0.2) is 0 Å². The summed E-state index contributed by atoms with van der Waals surface area (Å²) in [5.74, 6) is 1.13. The first-order valence-electron chi connectivity index (χ1n) is 7.01. The van der Waals surface area contributed by atoms with Crippen molar-refractivity contribution in [2.45, 2.75) is 24.8 Å². The first-order chi connectivity index (χ1) is 10.2. The Hall–Kier alpha value is -1.74. The summed E-state index contributed by atoms with van der Waals surface area (Å²) in [5.41, 5.74) is 1.96. The van der Waals surface area contributed by atoms with E-state index in [1.165, 1.54) is 17.7 Å². The van der Waals surface area contributed by atoms with Crippen LogP contribution in [0.5, 0.6) is 5.75 Å². The van der Waals surface area contributed by atoms with Crippen molar-refractivity contribution in [3.05, 3.63) is 58.9 Å². The smallest absolute Gasteiger partial charge is 0.125 e. The van der Waals surface area contributed by atoms with Gasteiger partial charge in [-0.15, -0.1) is 0 Å². The van der Waals surface area contributed by atoms with Crippen LogP contribution in [-0.4, -0.2) is 13.2 Å². The summed E-state index contributed by atoms with van der Waals surface area (Å²) in [4.78, 5) is 0. The average Bonchev–Trinajstić information content (AvgIpc) is 2.46. The maximum Gasteiger partial charge on any atom is 0.125 e. The minimum absolute atomic E-state index is 0.273. The Balaban J connectivity index is 1.61. The molecule has 0 unspecified atom stereocenters. The molecule has 0 atom stereocenters. The average molecular weight is 306 g/mol. The van der Waals surface area contributed by atoms with Crippen molar-refractivity contribution in [2.75, 3.05) is 12.4 Å². The molecule has 21 heavy (non-hydrogen) atoms. The van der Waals surface area contributed by atoms with Gasteiger partial charge in [-0.05, 0) is 54.7 Å². The van der Waals surface area contributed by atoms with Gasteiger partial charge in [-0.25, -0.2) is 4.39 Å². The Bertz CT molecular complexity index is 640. The quantitative estimate of drug-likeness (QED) is 0.872. The van der Waals surface area contributed by atoms with Crippen LogP contribution in [0.2, 0.25) is 5.02 Å². The first-order valence-corrected chi connectivity index (χ1v) is 7.39. The predicted molar refractivity (Wildman–Crippen MR) is 83.8 cm³/mol. The minimum atomic E-state index is -0.273. The van der Waals surface area contributed by atoms with Crippen LogP contribution >= 0.6 is 11.6 Å². The minimum Gasteiger partial charge on any atom is -0.497 e. The van der Waals surface area contributed by atoms with E-state index >= 15 is 0 Å². The molecule has 1 fully saturated rings. The van der Waals surface area contributed by atoms with Gasteiger partial charge in [0.2, 0.25) is 0 Å². The molecule has 0 radical (unpaired) electrons. The summed E-state index contributed by atoms with van der Waals surface area (Å²) in [6.45, 7) is 0. The number of halogens is 2. The second-order valence-electron chi connectivity index (χ2n) is 5.41. The highest BCUT2D eigenvalue weighted by molar-refractivity contribution is 6.33. The topological polar surface area (TPSA) is 21.3 Å². The van der Waals surface area contributed by atoms with Gasteiger partial charge >= 0.3 is 0 Å². The van der Waals surface area contributed by atoms with E-state index in [2.05, 4.69) is 17.4 Å². The lowest BCUT2D eigenvalue weighted by molar-refractivity contribution is 0.370. The molecule has 0 spiro atoms. The van der Waals surface area contributed by atoms with Crippen LogP contribution < -0.4 is 10.1 Å². The molecule has 4 heteroatoms. The first kappa shape index (κ1) is 14.2. The van der Waals surface area contributed by atoms with Crippen LogP contribution in [0.4, 0.5) is 10.1 Å². The fourth-order valence-electron chi connectivity index (χ4n) is 2.73. The molecule has 1 saturated carbocycles. The van der Waals surface area contributed by atoms with Crippen molar-refractivity contribution >= 4 is 17.3 Å². The molecule has 0 aliphatic heterocycles. The highest BCUT2D eigenvalue weighted by Gasteiger charge is 2.30. The fourth-order valence-corrected chi connectivity index (χ4v) is 2.90. The van der Waals surface area contributed by atoms with Gasteiger partial charge in [0, 0.05) is 6.04 Å². The summed E-state index contributed by atoms with van der Waals surface area (Å²) in [6, 6.07) is 12.9. The van der Waals surface area contributed by atoms with Crippen molar-refractivity contribution < 1.29 is 9.13 Å². The zero-order valence-corrected chi connectivity index (χ0v) is 12.5. The molecular formula is C17H17ClFNO. The maximum absolute atomic E-state index is 13.2. The highest BCUT2D eigenvalue weighted by Crippen LogP contribution is 2.40. The third-order valence-corrected chi connectivity index (χ3v) is 4.32. The van der Waals surface area contributed by atoms with Gasteiger partial charge in [0.25, 0.3) is 0 Å². The number of benzene rings is 2. The third-order valence-electron chi connectivity index (χ3n) is 3.99. The van der Waals surface area contributed by atoms with Crippen molar-refractivity contribution in [1.29, 1.82) is 0 Å². The molecule has 1 N–H and O–H groups in total. The molecular weight excluding hydrogens is 289 g/mol. The zero-order valence-electron chi connectivity index (χ0n) is 11.8. The lowest BCUT2D eigenvalue weighted by Gasteiger charge is -2.37. The van der Waals surface area contributed by atoms with Gasteiger partial charge in [-0.1, -0.05) is 23.7 Å². The zero-order chi connectivity index (χ0) is 14.8. The van der Waals surface area contributed by atoms with Crippen LogP contribution in [0.3, 0.4) is 0 Å². The summed E-state index contributed by atoms with van der Waals surface area (Å²) in [6.07, 6.45) is 2.03. The van der Waals surface area contributed by atoms with Crippen LogP contribution in [0.15, 0.2) is 42.5 Å². The predicted octanol–water partition coefficient (Wildman–Crippen LogP) is 4.85. The molecule has 0 aromatic heterocycles. The Morgan fingerprint density at radius 2 is 2.00 bits per heavy atom. The van der Waals surface area contributed by atoms with Crippen LogP contribution in [-0.2, 0) is 0 Å². The van der Waals surface area contributed by atoms with Gasteiger partial charge in [-0.3, -0.25) is 0 Å². The largest absolute Gasteiger partial charge is 0.497 e. The standard InChI is InChI=1S/C17H17ClFNO/c1-21-15-4-2-3-11(9-15)12-7-14(8-12)20-17-10-13(19)5-6-16(17)18/h2-6,9-10,12,14,20H,7-8H2,1H3. The van der Waals surface area contributed by atoms with E-state index in [1.54, 1.807) is 13.2 Å². The summed E-state index contributed by atoms with van der Waals surface area (Å²) >= 11 is 6.07. The van der Waals surface area contributed by atoms with Gasteiger partial charge in [-0.2, -0.15) is 0 Å². The van der Waals surface area contributed by atoms with E-state index in [4.69, 9.17) is 16.3 Å². The Morgan fingerprint density at radius 3 is 2.76 bits per heavy atom. The van der Waals surface area contributed by atoms with E-state index in [1.807, 2.05) is 12.1 Å². The fraction of sp³-hybridized carbons (Fsp3) is 0.294. The molecule has 0 amide bonds. The van der Waals surface area contributed by atoms with E-state index in [-0.39, 0.29) is 5.82 Å². The van der Waals surface area contributed by atoms with Crippen LogP contribution in [0.25, 0.3) is 0 Å². The molecule has 0 saturated heterocycles. The third kappa shape index (κ3) is 3.13. The SMILES string of the molecule is COc1cccc(C2CC(Nc3cc(F)ccc3Cl)C2)c1. The second kappa shape index (κ2) is 5.94. The molecule has 3 rings (SSSR count). The van der Waals surface area contributed by atoms with Crippen LogP contribution in [0.1, 0.15) is 24.3 Å². The molecule has 2 nitrogen and oxygen atoms in total. The number of ether oxygens (including phenoxy) is 1. The Kier molecular flexibility index (Phi) is 4.02. The molecule has 2 aromatic carbocycles. The normalized spacial score (nSPS) is 20.7. The van der Waals surface area contributed by atoms with Gasteiger partial charge < -0.3 is 10.1 Å². The van der Waals surface area contributed by atoms with Gasteiger partial charge in [0.1, 0.15) is 11.6 Å². The Morgan fingerprint density at radius 1 is 1.19 bits per heavy atom. The molecule has 0 bridgehead atoms. The lowest BCUT2D eigenvalue weighted by atomic mass is 9.76. The summed E-state index contributed by atoms with van der Waals surface area (Å²) in [5, 5.41) is 3.87. The maximum atomic E-state index is 13.2. The van der Waals surface area contributed by atoms with Crippen LogP contribution in [0, 0.1) is 5.82 Å². The highest BCUT2D eigenvalue weighted by atomic mass is 35.5. The molecule has 1 aliphatic carbocycles. The Labute approximate surface area is 128 Å². The number of rotatable bonds is 4. The van der Waals surface area contributed by atoms with E-state index in [0.717, 1.165) is 18.6 Å². The number of methoxy groups -OCH3 is 1. The van der Waals surface area contributed by atoms with Crippen molar-refractivity contribution in [2.24, 2.45) is 0 Å². The number of nitrogens with one attached hydrogen (secondary N) is 1. The van der Waals surface area contributed by atoms with Gasteiger partial charge in [0.05, 0.1) is 17.8 Å². The molecule has 1 aliphatic rings. The van der Waals surface area contributed by atoms with Crippen molar-refractivity contribution in [3.8, 4) is 5.75 Å². The van der Waals surface area contributed by atoms with Crippen molar-refractivity contribution in [3.63, 3.8) is 0 Å². The number of hydrogen-bond donors (Lipinski definition) is 1. The number of hydrogen-bond acceptors (Lipinski definition) is 2. The summed E-state index contributed by atoms with van der Waals surface area (Å²) < 4.78 is 18.5. The lowest BCUT2D eigenvalue weighted by Crippen LogP contribution is -2.34. The second-order valence-corrected chi connectivity index (χ2v) is 5.82. The molecule has 0 heterocycles. The monoisotopic (exact) mass is 305 g/mol. The van der Waals surface area contributed by atoms with E-state index < -0.39 is 0 Å². The summed E-state index contributed by atoms with van der Waals surface area (Å²) in [7, 11) is 1.68.